The van der Waals surface area contributed by atoms with Gasteiger partial charge >= 0.3 is 37.3 Å². The Labute approximate surface area is 456 Å². The maximum absolute atomic E-state index is 13.8. The fourth-order valence-electron chi connectivity index (χ4n) is 16.5. The third kappa shape index (κ3) is 12.6. The quantitative estimate of drug-likeness (QED) is 0.0854. The Balaban J connectivity index is 0.000000163. The fraction of sp³-hybridized carbons (Fsp3) is 0.683. The van der Waals surface area contributed by atoms with Gasteiger partial charge in [0.2, 0.25) is 0 Å². The number of fused-ring (bicyclic) bond motifs is 10. The zero-order chi connectivity index (χ0) is 53.7. The van der Waals surface area contributed by atoms with E-state index in [1.54, 1.807) is 6.92 Å². The molecule has 2 aromatic heterocycles. The molecule has 4 aromatic rings. The number of piperidine rings is 2. The molecule has 0 radical (unpaired) electrons. The van der Waals surface area contributed by atoms with E-state index in [1.807, 2.05) is 54.0 Å². The second-order valence-corrected chi connectivity index (χ2v) is 24.5. The van der Waals surface area contributed by atoms with Gasteiger partial charge in [0.15, 0.2) is 11.5 Å². The molecule has 17 heteroatoms. The number of para-hydroxylation sites is 4. The molecule has 0 amide bonds. The van der Waals surface area contributed by atoms with Crippen molar-refractivity contribution in [1.29, 1.82) is 0 Å². The van der Waals surface area contributed by atoms with E-state index in [4.69, 9.17) is 25.9 Å². The van der Waals surface area contributed by atoms with Gasteiger partial charge in [-0.2, -0.15) is 0 Å². The van der Waals surface area contributed by atoms with Crippen molar-refractivity contribution < 1.29 is 49.2 Å². The van der Waals surface area contributed by atoms with Crippen LogP contribution in [0, 0.1) is 23.7 Å². The zero-order valence-corrected chi connectivity index (χ0v) is 46.6. The summed E-state index contributed by atoms with van der Waals surface area (Å²) in [5.74, 6) is 2.70. The van der Waals surface area contributed by atoms with Crippen molar-refractivity contribution >= 4 is 39.8 Å². The Hall–Kier alpha value is -4.82. The number of Topliss-reactive ketones (excluding diaryl/α,β-unsaturated/α-hetero) is 1. The minimum absolute atomic E-state index is 0.0352. The molecule has 416 valence electrons. The summed E-state index contributed by atoms with van der Waals surface area (Å²) in [6, 6.07) is 19.7. The Morgan fingerprint density at radius 3 is 1.38 bits per heavy atom. The van der Waals surface area contributed by atoms with Gasteiger partial charge in [0, 0.05) is 61.2 Å². The summed E-state index contributed by atoms with van der Waals surface area (Å²) in [4.78, 5) is 79.3. The first kappa shape index (κ1) is 55.5. The number of carbonyl (C=O) groups is 3. The topological polar surface area (TPSA) is 197 Å². The summed E-state index contributed by atoms with van der Waals surface area (Å²) in [6.07, 6.45) is 27.3. The molecular formula is C60H80CrN6O10. The summed E-state index contributed by atoms with van der Waals surface area (Å²) < 4.78 is 39.6. The van der Waals surface area contributed by atoms with Crippen molar-refractivity contribution in [2.24, 2.45) is 23.7 Å². The van der Waals surface area contributed by atoms with Crippen molar-refractivity contribution in [3.63, 3.8) is 0 Å². The Morgan fingerprint density at radius 1 is 0.506 bits per heavy atom. The number of benzene rings is 2. The number of nitrogens with zero attached hydrogens (tertiary/aromatic N) is 6. The summed E-state index contributed by atoms with van der Waals surface area (Å²) >= 11 is -3.79. The van der Waals surface area contributed by atoms with Crippen molar-refractivity contribution in [3.8, 4) is 0 Å². The molecule has 10 atom stereocenters. The molecule has 2 aromatic carbocycles. The Morgan fingerprint density at radius 2 is 0.922 bits per heavy atom. The number of hydrogen-bond donors (Lipinski definition) is 0. The second kappa shape index (κ2) is 25.1. The van der Waals surface area contributed by atoms with E-state index in [0.29, 0.717) is 67.3 Å². The van der Waals surface area contributed by atoms with E-state index < -0.39 is 19.9 Å². The van der Waals surface area contributed by atoms with Gasteiger partial charge in [-0.05, 0) is 165 Å². The molecule has 77 heavy (non-hydrogen) atoms. The average Bonchev–Trinajstić information content (AvgIpc) is 3.92. The first-order valence-electron chi connectivity index (χ1n) is 29.5. The number of ketones is 1. The standard InChI is InChI=1S/C30H39N3O4.C30H41N3O3.Cr.3O/c1-2-37-28(35)13-12-27(34)29-30(36)33(26-9-4-3-8-25(26)31-29)24-17-21-10-11-22(18-24)32(21)23-15-19-6-5-7-20(14-19)16-23;1-2-36-29(34)12-6-10-27-30(35)33(28-11-4-3-9-26(28)31-27)25-18-22-13-14-23(19-25)32(22)24-16-20-7-5-8-21(15-20)17-24;;;;/h3-4,8-9,19-24H,2,5-7,10-18H2,1H3;3-4,9,11,20-25H,2,5-8,10,12-19H2,1H3;;;;/t19?,20?,21-,22+,23?,24?;20?,21?,22-,23+,24?,25?;;;;. The van der Waals surface area contributed by atoms with E-state index in [2.05, 4.69) is 25.4 Å². The first-order valence-corrected chi connectivity index (χ1v) is 31.1. The number of rotatable bonds is 14. The summed E-state index contributed by atoms with van der Waals surface area (Å²) in [7, 11) is 0. The predicted molar refractivity (Wildman–Crippen MR) is 285 cm³/mol. The predicted octanol–water partition coefficient (Wildman–Crippen LogP) is 10.1. The molecule has 16 nitrogen and oxygen atoms in total. The molecule has 6 heterocycles. The van der Waals surface area contributed by atoms with Crippen LogP contribution >= 0.6 is 0 Å². The van der Waals surface area contributed by atoms with Crippen molar-refractivity contribution in [2.75, 3.05) is 13.2 Å². The molecule has 8 bridgehead atoms. The summed E-state index contributed by atoms with van der Waals surface area (Å²) in [6.45, 7) is 4.22. The van der Waals surface area contributed by atoms with Crippen molar-refractivity contribution in [3.05, 3.63) is 80.6 Å². The summed E-state index contributed by atoms with van der Waals surface area (Å²) in [5.41, 5.74) is 3.60. The van der Waals surface area contributed by atoms with Gasteiger partial charge in [-0.15, -0.1) is 0 Å². The van der Waals surface area contributed by atoms with Crippen LogP contribution in [0.25, 0.3) is 22.1 Å². The van der Waals surface area contributed by atoms with Gasteiger partial charge in [0.05, 0.1) is 41.7 Å². The SMILES string of the molecule is CCOC(=O)CCC(=O)c1nc2ccccc2n(C2C[C@H]3CC[C@@H](C2)N3C2CC3CCCC(C3)C2)c1=O.CCOC(=O)CCCc1nc2ccccc2n(C2C[C@H]3CC[C@@H](C2)N3C2CC3CCCC(C3)C2)c1=O.[O]=[Cr](=[O])=[O]. The van der Waals surface area contributed by atoms with E-state index in [9.17, 15) is 24.0 Å². The monoisotopic (exact) mass is 1100 g/mol. The maximum atomic E-state index is 13.8. The van der Waals surface area contributed by atoms with Crippen LogP contribution in [0.3, 0.4) is 0 Å². The number of carbonyl (C=O) groups excluding carboxylic acids is 3. The van der Waals surface area contributed by atoms with Gasteiger partial charge in [0.1, 0.15) is 5.69 Å². The van der Waals surface area contributed by atoms with Crippen LogP contribution in [0.15, 0.2) is 58.1 Å². The average molecular weight is 1100 g/mol. The van der Waals surface area contributed by atoms with Crippen LogP contribution < -0.4 is 11.1 Å². The Bertz CT molecular complexity index is 2960. The molecule has 4 saturated carbocycles. The number of esters is 2. The molecular weight excluding hydrogens is 1020 g/mol. The van der Waals surface area contributed by atoms with Crippen LogP contribution in [0.5, 0.6) is 0 Å². The zero-order valence-electron chi connectivity index (χ0n) is 45.3. The van der Waals surface area contributed by atoms with Gasteiger partial charge in [-0.25, -0.2) is 9.97 Å². The molecule has 8 fully saturated rings. The van der Waals surface area contributed by atoms with Gasteiger partial charge < -0.3 is 18.6 Å². The van der Waals surface area contributed by atoms with Crippen LogP contribution in [0.1, 0.15) is 196 Å². The van der Waals surface area contributed by atoms with Crippen LogP contribution in [-0.4, -0.2) is 96.1 Å². The molecule has 12 rings (SSSR count). The normalized spacial score (nSPS) is 30.4. The fourth-order valence-corrected chi connectivity index (χ4v) is 16.5. The molecule has 0 N–H and O–H groups in total. The molecule has 4 aliphatic carbocycles. The Kier molecular flexibility index (Phi) is 18.1. The van der Waals surface area contributed by atoms with E-state index in [1.165, 1.54) is 103 Å². The second-order valence-electron chi connectivity index (χ2n) is 23.9. The van der Waals surface area contributed by atoms with Gasteiger partial charge in [0.25, 0.3) is 11.1 Å². The van der Waals surface area contributed by atoms with Gasteiger partial charge in [-0.1, -0.05) is 62.8 Å². The van der Waals surface area contributed by atoms with E-state index in [0.717, 1.165) is 71.9 Å². The van der Waals surface area contributed by atoms with Crippen LogP contribution in [0.2, 0.25) is 0 Å². The van der Waals surface area contributed by atoms with Crippen molar-refractivity contribution in [1.82, 2.24) is 28.9 Å². The van der Waals surface area contributed by atoms with Crippen LogP contribution in [-0.2, 0) is 50.8 Å². The number of aromatic nitrogens is 4. The van der Waals surface area contributed by atoms with E-state index in [-0.39, 0.29) is 60.1 Å². The molecule has 0 spiro atoms. The molecule has 8 aliphatic rings. The van der Waals surface area contributed by atoms with Crippen LogP contribution in [0.4, 0.5) is 0 Å². The molecule has 4 saturated heterocycles. The van der Waals surface area contributed by atoms with Crippen molar-refractivity contribution in [2.45, 2.75) is 223 Å². The number of aryl methyl sites for hydroxylation is 1. The third-order valence-corrected chi connectivity index (χ3v) is 19.2. The number of hydrogen-bond acceptors (Lipinski definition) is 14. The van der Waals surface area contributed by atoms with Gasteiger partial charge in [-0.3, -0.25) is 33.8 Å². The third-order valence-electron chi connectivity index (χ3n) is 19.2. The first-order chi connectivity index (χ1) is 37.3. The summed E-state index contributed by atoms with van der Waals surface area (Å²) in [5, 5.41) is 0. The molecule has 6 unspecified atom stereocenters. The number of ether oxygens (including phenoxy) is 2. The van der Waals surface area contributed by atoms with E-state index >= 15 is 0 Å². The molecule has 4 aliphatic heterocycles. The minimum atomic E-state index is -3.79.